The lowest BCUT2D eigenvalue weighted by atomic mass is 9.87. The third-order valence-electron chi connectivity index (χ3n) is 5.14. The first kappa shape index (κ1) is 20.6. The maximum atomic E-state index is 12.4. The highest BCUT2D eigenvalue weighted by Crippen LogP contribution is 2.27. The minimum atomic E-state index is -0.0306. The van der Waals surface area contributed by atoms with E-state index in [0.29, 0.717) is 18.2 Å². The molecule has 0 radical (unpaired) electrons. The normalized spacial score (nSPS) is 14.8. The molecule has 150 valence electrons. The summed E-state index contributed by atoms with van der Waals surface area (Å²) in [7, 11) is 0. The predicted molar refractivity (Wildman–Crippen MR) is 116 cm³/mol. The van der Waals surface area contributed by atoms with Crippen molar-refractivity contribution in [1.29, 1.82) is 0 Å². The summed E-state index contributed by atoms with van der Waals surface area (Å²) in [6.45, 7) is 8.61. The largest absolute Gasteiger partial charge is 0.325 e. The number of nitrogens with zero attached hydrogens (tertiary/aromatic N) is 3. The quantitative estimate of drug-likeness (QED) is 0.506. The molecule has 2 aromatic rings. The van der Waals surface area contributed by atoms with Gasteiger partial charge in [-0.05, 0) is 43.0 Å². The van der Waals surface area contributed by atoms with Crippen molar-refractivity contribution in [2.45, 2.75) is 64.1 Å². The highest BCUT2D eigenvalue weighted by atomic mass is 32.2. The first-order valence-electron chi connectivity index (χ1n) is 10.1. The van der Waals surface area contributed by atoms with Gasteiger partial charge in [-0.3, -0.25) is 4.79 Å². The Bertz CT molecular complexity index is 804. The fraction of sp³-hybridized carbons (Fsp3) is 0.500. The molecule has 0 unspecified atom stereocenters. The smallest absolute Gasteiger partial charge is 0.234 e. The SMILES string of the molecule is C=CCn1c(CC2CCCCC2)nnc1SCC(=O)Nc1cc(C)cc(C)c1. The average Bonchev–Trinajstić information content (AvgIpc) is 3.02. The molecule has 1 saturated carbocycles. The van der Waals surface area contributed by atoms with E-state index >= 15 is 0 Å². The summed E-state index contributed by atoms with van der Waals surface area (Å²) < 4.78 is 2.11. The van der Waals surface area contributed by atoms with Crippen molar-refractivity contribution < 1.29 is 4.79 Å². The van der Waals surface area contributed by atoms with Crippen LogP contribution in [0.15, 0.2) is 36.0 Å². The Kier molecular flexibility index (Phi) is 7.31. The Morgan fingerprint density at radius 2 is 1.93 bits per heavy atom. The summed E-state index contributed by atoms with van der Waals surface area (Å²) in [5.74, 6) is 2.00. The Hall–Kier alpha value is -2.08. The van der Waals surface area contributed by atoms with Crippen LogP contribution in [0, 0.1) is 19.8 Å². The van der Waals surface area contributed by atoms with Crippen LogP contribution in [0.5, 0.6) is 0 Å². The molecule has 1 aliphatic carbocycles. The van der Waals surface area contributed by atoms with Crippen LogP contribution < -0.4 is 5.32 Å². The van der Waals surface area contributed by atoms with Gasteiger partial charge in [-0.1, -0.05) is 56.0 Å². The minimum absolute atomic E-state index is 0.0306. The van der Waals surface area contributed by atoms with E-state index in [1.54, 1.807) is 0 Å². The highest BCUT2D eigenvalue weighted by Gasteiger charge is 2.19. The second kappa shape index (κ2) is 9.92. The van der Waals surface area contributed by atoms with Gasteiger partial charge in [0.2, 0.25) is 5.91 Å². The number of hydrogen-bond acceptors (Lipinski definition) is 4. The van der Waals surface area contributed by atoms with Crippen molar-refractivity contribution in [2.24, 2.45) is 5.92 Å². The summed E-state index contributed by atoms with van der Waals surface area (Å²) in [4.78, 5) is 12.4. The molecule has 1 fully saturated rings. The maximum Gasteiger partial charge on any atom is 0.234 e. The van der Waals surface area contributed by atoms with E-state index in [1.165, 1.54) is 43.9 Å². The number of rotatable bonds is 8. The van der Waals surface area contributed by atoms with Gasteiger partial charge in [0.1, 0.15) is 5.82 Å². The molecule has 1 aliphatic rings. The second-order valence-electron chi connectivity index (χ2n) is 7.72. The first-order chi connectivity index (χ1) is 13.5. The molecular formula is C22H30N4OS. The Morgan fingerprint density at radius 3 is 2.61 bits per heavy atom. The third kappa shape index (κ3) is 5.71. The molecule has 28 heavy (non-hydrogen) atoms. The number of carbonyl (C=O) groups excluding carboxylic acids is 1. The highest BCUT2D eigenvalue weighted by molar-refractivity contribution is 7.99. The molecule has 6 heteroatoms. The number of allylic oxidation sites excluding steroid dienone is 1. The number of anilines is 1. The van der Waals surface area contributed by atoms with Gasteiger partial charge in [-0.2, -0.15) is 0 Å². The van der Waals surface area contributed by atoms with Crippen LogP contribution in [0.2, 0.25) is 0 Å². The predicted octanol–water partition coefficient (Wildman–Crippen LogP) is 4.93. The molecule has 0 atom stereocenters. The first-order valence-corrected chi connectivity index (χ1v) is 11.1. The summed E-state index contributed by atoms with van der Waals surface area (Å²) in [5.41, 5.74) is 3.12. The summed E-state index contributed by atoms with van der Waals surface area (Å²) in [6.07, 6.45) is 9.39. The molecule has 1 N–H and O–H groups in total. The molecule has 0 bridgehead atoms. The van der Waals surface area contributed by atoms with E-state index in [0.717, 1.165) is 34.2 Å². The van der Waals surface area contributed by atoms with Crippen molar-refractivity contribution in [1.82, 2.24) is 14.8 Å². The van der Waals surface area contributed by atoms with Gasteiger partial charge in [0.25, 0.3) is 0 Å². The molecule has 0 aliphatic heterocycles. The lowest BCUT2D eigenvalue weighted by Gasteiger charge is -2.21. The van der Waals surface area contributed by atoms with Gasteiger partial charge < -0.3 is 9.88 Å². The van der Waals surface area contributed by atoms with E-state index in [4.69, 9.17) is 0 Å². The maximum absolute atomic E-state index is 12.4. The Morgan fingerprint density at radius 1 is 1.21 bits per heavy atom. The van der Waals surface area contributed by atoms with Crippen LogP contribution in [0.25, 0.3) is 0 Å². The van der Waals surface area contributed by atoms with Crippen molar-refractivity contribution in [3.8, 4) is 0 Å². The number of benzene rings is 1. The molecule has 1 aromatic heterocycles. The zero-order chi connectivity index (χ0) is 19.9. The molecule has 0 spiro atoms. The van der Waals surface area contributed by atoms with Crippen molar-refractivity contribution in [3.63, 3.8) is 0 Å². The van der Waals surface area contributed by atoms with Gasteiger partial charge in [0.05, 0.1) is 5.75 Å². The van der Waals surface area contributed by atoms with Gasteiger partial charge >= 0.3 is 0 Å². The monoisotopic (exact) mass is 398 g/mol. The Labute approximate surface area is 172 Å². The van der Waals surface area contributed by atoms with Gasteiger partial charge in [-0.15, -0.1) is 16.8 Å². The molecule has 3 rings (SSSR count). The van der Waals surface area contributed by atoms with E-state index in [9.17, 15) is 4.79 Å². The number of aromatic nitrogens is 3. The number of carbonyl (C=O) groups is 1. The molecule has 0 saturated heterocycles. The van der Waals surface area contributed by atoms with Crippen LogP contribution in [0.3, 0.4) is 0 Å². The number of nitrogens with one attached hydrogen (secondary N) is 1. The van der Waals surface area contributed by atoms with Gasteiger partial charge in [0, 0.05) is 18.7 Å². The standard InChI is InChI=1S/C22H30N4OS/c1-4-10-26-20(14-18-8-6-5-7-9-18)24-25-22(26)28-15-21(27)23-19-12-16(2)11-17(3)13-19/h4,11-13,18H,1,5-10,14-15H2,2-3H3,(H,23,27). The lowest BCUT2D eigenvalue weighted by molar-refractivity contribution is -0.113. The zero-order valence-electron chi connectivity index (χ0n) is 16.9. The molecular weight excluding hydrogens is 368 g/mol. The number of thioether (sulfide) groups is 1. The summed E-state index contributed by atoms with van der Waals surface area (Å²) in [5, 5.41) is 12.6. The van der Waals surface area contributed by atoms with Gasteiger partial charge in [-0.25, -0.2) is 0 Å². The van der Waals surface area contributed by atoms with Crippen LogP contribution in [-0.4, -0.2) is 26.4 Å². The number of hydrogen-bond donors (Lipinski definition) is 1. The van der Waals surface area contributed by atoms with Crippen molar-refractivity contribution in [2.75, 3.05) is 11.1 Å². The third-order valence-corrected chi connectivity index (χ3v) is 6.11. The number of amides is 1. The van der Waals surface area contributed by atoms with Gasteiger partial charge in [0.15, 0.2) is 5.16 Å². The fourth-order valence-corrected chi connectivity index (χ4v) is 4.68. The molecule has 5 nitrogen and oxygen atoms in total. The van der Waals surface area contributed by atoms with E-state index in [1.807, 2.05) is 32.1 Å². The Balaban J connectivity index is 1.61. The summed E-state index contributed by atoms with van der Waals surface area (Å²) >= 11 is 1.44. The van der Waals surface area contributed by atoms with Crippen LogP contribution in [0.1, 0.15) is 49.1 Å². The van der Waals surface area contributed by atoms with Crippen LogP contribution >= 0.6 is 11.8 Å². The summed E-state index contributed by atoms with van der Waals surface area (Å²) in [6, 6.07) is 6.06. The van der Waals surface area contributed by atoms with Crippen LogP contribution in [-0.2, 0) is 17.8 Å². The van der Waals surface area contributed by atoms with E-state index in [-0.39, 0.29) is 5.91 Å². The average molecular weight is 399 g/mol. The van der Waals surface area contributed by atoms with Crippen molar-refractivity contribution in [3.05, 3.63) is 47.8 Å². The zero-order valence-corrected chi connectivity index (χ0v) is 17.7. The second-order valence-corrected chi connectivity index (χ2v) is 8.66. The fourth-order valence-electron chi connectivity index (χ4n) is 3.91. The molecule has 1 amide bonds. The molecule has 1 heterocycles. The topological polar surface area (TPSA) is 59.8 Å². The van der Waals surface area contributed by atoms with Crippen LogP contribution in [0.4, 0.5) is 5.69 Å². The lowest BCUT2D eigenvalue weighted by Crippen LogP contribution is -2.16. The molecule has 1 aromatic carbocycles. The van der Waals surface area contributed by atoms with E-state index in [2.05, 4.69) is 32.7 Å². The number of aryl methyl sites for hydroxylation is 2. The van der Waals surface area contributed by atoms with Crippen molar-refractivity contribution >= 4 is 23.4 Å². The minimum Gasteiger partial charge on any atom is -0.325 e. The van der Waals surface area contributed by atoms with E-state index < -0.39 is 0 Å².